The summed E-state index contributed by atoms with van der Waals surface area (Å²) in [6.45, 7) is 17.0. The molecule has 7 heteroatoms. The highest BCUT2D eigenvalue weighted by Crippen LogP contribution is 2.22. The lowest BCUT2D eigenvalue weighted by molar-refractivity contribution is -0.0149. The maximum atomic E-state index is 5.87. The fraction of sp³-hybridized carbons (Fsp3) is 0.565. The fourth-order valence-electron chi connectivity index (χ4n) is 2.53. The van der Waals surface area contributed by atoms with E-state index >= 15 is 0 Å². The summed E-state index contributed by atoms with van der Waals surface area (Å²) < 4.78 is 11.7. The van der Waals surface area contributed by atoms with E-state index < -0.39 is 0 Å². The molecule has 0 spiro atoms. The molecule has 0 aliphatic rings. The summed E-state index contributed by atoms with van der Waals surface area (Å²) in [6.07, 6.45) is 1.80. The molecule has 0 unspecified atom stereocenters. The number of nitrogens with one attached hydrogen (secondary N) is 2. The van der Waals surface area contributed by atoms with Gasteiger partial charge in [0, 0.05) is 12.0 Å². The van der Waals surface area contributed by atoms with Gasteiger partial charge in [-0.3, -0.25) is 0 Å². The molecule has 168 valence electrons. The molecule has 0 bridgehead atoms. The summed E-state index contributed by atoms with van der Waals surface area (Å²) in [5.74, 6) is 2.27. The summed E-state index contributed by atoms with van der Waals surface area (Å²) in [7, 11) is 0. The third kappa shape index (κ3) is 9.47. The summed E-state index contributed by atoms with van der Waals surface area (Å²) >= 11 is 0. The minimum absolute atomic E-state index is 0. The quantitative estimate of drug-likeness (QED) is 0.295. The smallest absolute Gasteiger partial charge is 0.213 e. The number of hydrogen-bond donors (Lipinski definition) is 2. The van der Waals surface area contributed by atoms with Gasteiger partial charge in [0.1, 0.15) is 5.76 Å². The molecule has 2 aromatic rings. The number of rotatable bonds is 7. The fourth-order valence-corrected chi connectivity index (χ4v) is 2.53. The van der Waals surface area contributed by atoms with Gasteiger partial charge >= 0.3 is 0 Å². The second kappa shape index (κ2) is 11.7. The summed E-state index contributed by atoms with van der Waals surface area (Å²) in [5.41, 5.74) is 2.10. The molecule has 0 atom stereocenters. The molecule has 0 fully saturated rings. The van der Waals surface area contributed by atoms with Crippen LogP contribution in [0.4, 0.5) is 0 Å². The van der Waals surface area contributed by atoms with Crippen LogP contribution in [0.1, 0.15) is 71.2 Å². The molecule has 30 heavy (non-hydrogen) atoms. The van der Waals surface area contributed by atoms with Crippen molar-refractivity contribution in [2.75, 3.05) is 6.54 Å². The summed E-state index contributed by atoms with van der Waals surface area (Å²) in [5, 5.41) is 6.55. The van der Waals surface area contributed by atoms with Crippen molar-refractivity contribution in [3.63, 3.8) is 0 Å². The molecule has 0 radical (unpaired) electrons. The third-order valence-electron chi connectivity index (χ3n) is 4.13. The van der Waals surface area contributed by atoms with Crippen molar-refractivity contribution in [2.24, 2.45) is 4.99 Å². The van der Waals surface area contributed by atoms with Crippen LogP contribution < -0.4 is 10.6 Å². The third-order valence-corrected chi connectivity index (χ3v) is 4.13. The topological polar surface area (TPSA) is 71.7 Å². The van der Waals surface area contributed by atoms with Crippen LogP contribution in [-0.4, -0.2) is 23.1 Å². The number of aliphatic imine (C=N–C) groups is 1. The van der Waals surface area contributed by atoms with E-state index in [9.17, 15) is 0 Å². The molecular weight excluding hydrogens is 491 g/mol. The molecule has 1 aromatic heterocycles. The maximum absolute atomic E-state index is 5.87. The zero-order chi connectivity index (χ0) is 21.5. The van der Waals surface area contributed by atoms with Gasteiger partial charge in [0.15, 0.2) is 5.96 Å². The first-order valence-electron chi connectivity index (χ1n) is 10.3. The molecule has 0 amide bonds. The monoisotopic (exact) mass is 528 g/mol. The Bertz CT molecular complexity index is 804. The van der Waals surface area contributed by atoms with E-state index in [2.05, 4.69) is 80.4 Å². The Morgan fingerprint density at radius 3 is 2.40 bits per heavy atom. The van der Waals surface area contributed by atoms with Crippen molar-refractivity contribution in [2.45, 2.75) is 79.2 Å². The van der Waals surface area contributed by atoms with E-state index in [1.807, 2.05) is 13.0 Å². The lowest BCUT2D eigenvalue weighted by atomic mass is 9.94. The van der Waals surface area contributed by atoms with Crippen molar-refractivity contribution in [3.05, 3.63) is 53.2 Å². The number of halogens is 1. The van der Waals surface area contributed by atoms with Crippen LogP contribution in [0, 0.1) is 0 Å². The highest BCUT2D eigenvalue weighted by Gasteiger charge is 2.19. The average molecular weight is 528 g/mol. The zero-order valence-corrected chi connectivity index (χ0v) is 21.7. The van der Waals surface area contributed by atoms with E-state index in [-0.39, 0.29) is 35.0 Å². The minimum atomic E-state index is -0.150. The number of oxazole rings is 1. The molecule has 1 heterocycles. The normalized spacial score (nSPS) is 12.4. The van der Waals surface area contributed by atoms with Gasteiger partial charge in [-0.05, 0) is 38.8 Å². The Labute approximate surface area is 198 Å². The van der Waals surface area contributed by atoms with E-state index in [0.29, 0.717) is 25.6 Å². The molecule has 0 aliphatic heterocycles. The van der Waals surface area contributed by atoms with E-state index in [1.165, 1.54) is 0 Å². The number of aromatic nitrogens is 1. The van der Waals surface area contributed by atoms with Gasteiger partial charge in [0.25, 0.3) is 0 Å². The number of hydrogen-bond acceptors (Lipinski definition) is 4. The predicted octanol–water partition coefficient (Wildman–Crippen LogP) is 5.16. The molecule has 0 saturated heterocycles. The number of guanidine groups is 1. The largest absolute Gasteiger partial charge is 0.443 e. The molecule has 6 nitrogen and oxygen atoms in total. The van der Waals surface area contributed by atoms with Crippen molar-refractivity contribution in [1.82, 2.24) is 15.6 Å². The molecule has 2 N–H and O–H groups in total. The SMILES string of the molecule is CCNC(=NCc1cccc(COC(C)(C)C)c1)NCc1ncc(C(C)(C)C)o1.I. The Balaban J connectivity index is 0.00000450. The predicted molar refractivity (Wildman–Crippen MR) is 133 cm³/mol. The van der Waals surface area contributed by atoms with Crippen molar-refractivity contribution >= 4 is 29.9 Å². The lowest BCUT2D eigenvalue weighted by Gasteiger charge is -2.19. The lowest BCUT2D eigenvalue weighted by Crippen LogP contribution is -2.36. The average Bonchev–Trinajstić information content (AvgIpc) is 3.12. The molecular formula is C23H37IN4O2. The van der Waals surface area contributed by atoms with Gasteiger partial charge in [-0.1, -0.05) is 45.0 Å². The molecule has 1 aromatic carbocycles. The highest BCUT2D eigenvalue weighted by atomic mass is 127. The van der Waals surface area contributed by atoms with Crippen LogP contribution in [-0.2, 0) is 29.8 Å². The van der Waals surface area contributed by atoms with Crippen LogP contribution in [0.5, 0.6) is 0 Å². The van der Waals surface area contributed by atoms with E-state index in [4.69, 9.17) is 9.15 Å². The summed E-state index contributed by atoms with van der Waals surface area (Å²) in [6, 6.07) is 8.35. The second-order valence-electron chi connectivity index (χ2n) is 9.14. The van der Waals surface area contributed by atoms with Gasteiger partial charge in [0.2, 0.25) is 5.89 Å². The van der Waals surface area contributed by atoms with Gasteiger partial charge in [-0.25, -0.2) is 9.98 Å². The van der Waals surface area contributed by atoms with Gasteiger partial charge in [-0.2, -0.15) is 0 Å². The molecule has 2 rings (SSSR count). The Kier molecular flexibility index (Phi) is 10.3. The van der Waals surface area contributed by atoms with E-state index in [0.717, 1.165) is 29.4 Å². The Morgan fingerprint density at radius 1 is 1.10 bits per heavy atom. The van der Waals surface area contributed by atoms with Crippen LogP contribution in [0.25, 0.3) is 0 Å². The first-order valence-corrected chi connectivity index (χ1v) is 10.3. The number of benzene rings is 1. The van der Waals surface area contributed by atoms with Gasteiger partial charge < -0.3 is 19.8 Å². The first kappa shape index (κ1) is 26.4. The van der Waals surface area contributed by atoms with E-state index in [1.54, 1.807) is 6.20 Å². The van der Waals surface area contributed by atoms with Crippen LogP contribution in [0.15, 0.2) is 39.9 Å². The van der Waals surface area contributed by atoms with Crippen molar-refractivity contribution in [1.29, 1.82) is 0 Å². The summed E-state index contributed by atoms with van der Waals surface area (Å²) in [4.78, 5) is 9.05. The van der Waals surface area contributed by atoms with Crippen molar-refractivity contribution in [3.8, 4) is 0 Å². The second-order valence-corrected chi connectivity index (χ2v) is 9.14. The van der Waals surface area contributed by atoms with Crippen LogP contribution in [0.3, 0.4) is 0 Å². The zero-order valence-electron chi connectivity index (χ0n) is 19.3. The van der Waals surface area contributed by atoms with Gasteiger partial charge in [0.05, 0.1) is 31.5 Å². The standard InChI is InChI=1S/C23H36N4O2.HI/c1-8-24-21(27-15-20-25-14-19(29-20)22(2,3)4)26-13-17-10-9-11-18(12-17)16-28-23(5,6)7;/h9-12,14H,8,13,15-16H2,1-7H3,(H2,24,26,27);1H. The minimum Gasteiger partial charge on any atom is -0.443 e. The van der Waals surface area contributed by atoms with Gasteiger partial charge in [-0.15, -0.1) is 24.0 Å². The Morgan fingerprint density at radius 2 is 1.80 bits per heavy atom. The maximum Gasteiger partial charge on any atom is 0.213 e. The van der Waals surface area contributed by atoms with Crippen LogP contribution in [0.2, 0.25) is 0 Å². The van der Waals surface area contributed by atoms with Crippen molar-refractivity contribution < 1.29 is 9.15 Å². The number of nitrogens with zero attached hydrogens (tertiary/aromatic N) is 2. The molecule has 0 aliphatic carbocycles. The highest BCUT2D eigenvalue weighted by molar-refractivity contribution is 14.0. The van der Waals surface area contributed by atoms with Crippen LogP contribution >= 0.6 is 24.0 Å². The molecule has 0 saturated carbocycles. The number of ether oxygens (including phenoxy) is 1. The first-order chi connectivity index (χ1) is 13.6. The Hall–Kier alpha value is -1.61.